The molecule has 1 N–H and O–H groups in total. The highest BCUT2D eigenvalue weighted by atomic mass is 32.1. The minimum atomic E-state index is 0.339. The lowest BCUT2D eigenvalue weighted by Crippen LogP contribution is -1.85. The van der Waals surface area contributed by atoms with Crippen molar-refractivity contribution >= 4 is 21.4 Å². The Bertz CT molecular complexity index is 441. The van der Waals surface area contributed by atoms with Crippen molar-refractivity contribution < 1.29 is 5.11 Å². The third-order valence-corrected chi connectivity index (χ3v) is 4.48. The van der Waals surface area contributed by atoms with Crippen LogP contribution in [0.2, 0.25) is 0 Å². The van der Waals surface area contributed by atoms with Gasteiger partial charge in [-0.25, -0.2) is 0 Å². The van der Waals surface area contributed by atoms with Crippen LogP contribution in [0.15, 0.2) is 30.3 Å². The number of fused-ring (bicyclic) bond motifs is 1. The maximum Gasteiger partial charge on any atom is 0.0433 e. The highest BCUT2D eigenvalue weighted by Gasteiger charge is 2.38. The van der Waals surface area contributed by atoms with Gasteiger partial charge >= 0.3 is 0 Å². The number of aliphatic hydroxyl groups excluding tert-OH is 1. The van der Waals surface area contributed by atoms with Gasteiger partial charge in [-0.1, -0.05) is 18.2 Å². The number of thiophene rings is 1. The lowest BCUT2D eigenvalue weighted by molar-refractivity contribution is 0.279. The van der Waals surface area contributed by atoms with Crippen LogP contribution in [-0.2, 0) is 0 Å². The Hall–Kier alpha value is -0.860. The van der Waals surface area contributed by atoms with Crippen LogP contribution in [0.25, 0.3) is 10.1 Å². The van der Waals surface area contributed by atoms with E-state index in [1.807, 2.05) is 11.3 Å². The van der Waals surface area contributed by atoms with Gasteiger partial charge in [0, 0.05) is 16.2 Å². The van der Waals surface area contributed by atoms with E-state index in [0.29, 0.717) is 6.61 Å². The van der Waals surface area contributed by atoms with Crippen molar-refractivity contribution in [2.75, 3.05) is 6.61 Å². The Balaban J connectivity index is 1.87. The van der Waals surface area contributed by atoms with Crippen LogP contribution >= 0.6 is 11.3 Å². The van der Waals surface area contributed by atoms with Crippen LogP contribution < -0.4 is 0 Å². The van der Waals surface area contributed by atoms with E-state index in [1.54, 1.807) is 0 Å². The molecule has 0 amide bonds. The minimum Gasteiger partial charge on any atom is -0.396 e. The summed E-state index contributed by atoms with van der Waals surface area (Å²) in [5, 5.41) is 10.3. The van der Waals surface area contributed by atoms with Crippen LogP contribution in [0.3, 0.4) is 0 Å². The first-order valence-electron chi connectivity index (χ1n) is 5.48. The lowest BCUT2D eigenvalue weighted by atomic mass is 10.2. The largest absolute Gasteiger partial charge is 0.396 e. The van der Waals surface area contributed by atoms with Crippen LogP contribution in [0, 0.1) is 5.92 Å². The minimum absolute atomic E-state index is 0.339. The Kier molecular flexibility index (Phi) is 2.26. The predicted octanol–water partition coefficient (Wildman–Crippen LogP) is 3.39. The quantitative estimate of drug-likeness (QED) is 0.837. The molecular weight excluding hydrogens is 204 g/mol. The molecule has 0 bridgehead atoms. The molecule has 1 aromatic carbocycles. The van der Waals surface area contributed by atoms with Crippen molar-refractivity contribution in [3.8, 4) is 0 Å². The molecule has 1 fully saturated rings. The van der Waals surface area contributed by atoms with Crippen molar-refractivity contribution in [2.45, 2.75) is 18.8 Å². The van der Waals surface area contributed by atoms with Crippen LogP contribution in [-0.4, -0.2) is 11.7 Å². The smallest absolute Gasteiger partial charge is 0.0433 e. The Morgan fingerprint density at radius 3 is 3.00 bits per heavy atom. The summed E-state index contributed by atoms with van der Waals surface area (Å²) in [7, 11) is 0. The highest BCUT2D eigenvalue weighted by molar-refractivity contribution is 7.19. The Morgan fingerprint density at radius 2 is 2.20 bits per heavy atom. The number of benzene rings is 1. The molecule has 2 aromatic rings. The first kappa shape index (κ1) is 9.37. The van der Waals surface area contributed by atoms with Crippen molar-refractivity contribution in [3.63, 3.8) is 0 Å². The fraction of sp³-hybridized carbons (Fsp3) is 0.385. The molecule has 0 spiro atoms. The van der Waals surface area contributed by atoms with E-state index in [9.17, 15) is 0 Å². The maximum absolute atomic E-state index is 8.88. The molecule has 1 aromatic heterocycles. The zero-order valence-electron chi connectivity index (χ0n) is 8.52. The zero-order chi connectivity index (χ0) is 10.3. The van der Waals surface area contributed by atoms with Crippen molar-refractivity contribution in [1.29, 1.82) is 0 Å². The summed E-state index contributed by atoms with van der Waals surface area (Å²) in [5.41, 5.74) is 0. The molecule has 15 heavy (non-hydrogen) atoms. The van der Waals surface area contributed by atoms with E-state index in [-0.39, 0.29) is 0 Å². The molecule has 0 radical (unpaired) electrons. The number of aliphatic hydroxyl groups is 1. The fourth-order valence-corrected chi connectivity index (χ4v) is 3.54. The van der Waals surface area contributed by atoms with Gasteiger partial charge in [0.1, 0.15) is 0 Å². The standard InChI is InChI=1S/C13H14OS/c14-6-5-9-7-11(9)13-8-10-3-1-2-4-12(10)15-13/h1-4,8-9,11,14H,5-7H2/t9-,11-/m0/s1. The summed E-state index contributed by atoms with van der Waals surface area (Å²) in [5.74, 6) is 1.47. The summed E-state index contributed by atoms with van der Waals surface area (Å²) in [6.07, 6.45) is 2.24. The molecule has 0 aliphatic heterocycles. The van der Waals surface area contributed by atoms with Gasteiger partial charge < -0.3 is 5.11 Å². The maximum atomic E-state index is 8.88. The number of hydrogen-bond donors (Lipinski definition) is 1. The van der Waals surface area contributed by atoms with Gasteiger partial charge in [-0.3, -0.25) is 0 Å². The van der Waals surface area contributed by atoms with Gasteiger partial charge in [-0.15, -0.1) is 11.3 Å². The first-order chi connectivity index (χ1) is 7.38. The predicted molar refractivity (Wildman–Crippen MR) is 64.4 cm³/mol. The molecule has 1 heterocycles. The number of rotatable bonds is 3. The SMILES string of the molecule is OCC[C@H]1C[C@@H]1c1cc2ccccc2s1. The van der Waals surface area contributed by atoms with Crippen molar-refractivity contribution in [1.82, 2.24) is 0 Å². The van der Waals surface area contributed by atoms with Gasteiger partial charge in [0.25, 0.3) is 0 Å². The van der Waals surface area contributed by atoms with Gasteiger partial charge in [0.05, 0.1) is 0 Å². The Labute approximate surface area is 93.4 Å². The van der Waals surface area contributed by atoms with E-state index in [1.165, 1.54) is 21.4 Å². The molecule has 0 unspecified atom stereocenters. The molecule has 78 valence electrons. The summed E-state index contributed by atoms with van der Waals surface area (Å²) >= 11 is 1.92. The van der Waals surface area contributed by atoms with E-state index in [4.69, 9.17) is 5.11 Å². The Morgan fingerprint density at radius 1 is 1.33 bits per heavy atom. The summed E-state index contributed by atoms with van der Waals surface area (Å²) in [6, 6.07) is 10.9. The van der Waals surface area contributed by atoms with Gasteiger partial charge in [-0.05, 0) is 42.2 Å². The van der Waals surface area contributed by atoms with Gasteiger partial charge in [0.2, 0.25) is 0 Å². The average molecular weight is 218 g/mol. The van der Waals surface area contributed by atoms with Crippen LogP contribution in [0.1, 0.15) is 23.6 Å². The van der Waals surface area contributed by atoms with Crippen LogP contribution in [0.5, 0.6) is 0 Å². The molecule has 1 saturated carbocycles. The molecule has 1 aliphatic carbocycles. The molecular formula is C13H14OS. The zero-order valence-corrected chi connectivity index (χ0v) is 9.33. The fourth-order valence-electron chi connectivity index (χ4n) is 2.27. The van der Waals surface area contributed by atoms with Gasteiger partial charge in [0.15, 0.2) is 0 Å². The van der Waals surface area contributed by atoms with E-state index in [0.717, 1.165) is 18.3 Å². The second kappa shape index (κ2) is 3.62. The molecule has 2 heteroatoms. The summed E-state index contributed by atoms with van der Waals surface area (Å²) in [6.45, 7) is 0.339. The topological polar surface area (TPSA) is 20.2 Å². The second-order valence-corrected chi connectivity index (χ2v) is 5.42. The summed E-state index contributed by atoms with van der Waals surface area (Å²) < 4.78 is 1.39. The molecule has 0 saturated heterocycles. The molecule has 1 aliphatic rings. The third kappa shape index (κ3) is 1.68. The van der Waals surface area contributed by atoms with Crippen molar-refractivity contribution in [3.05, 3.63) is 35.2 Å². The normalized spacial score (nSPS) is 24.6. The monoisotopic (exact) mass is 218 g/mol. The second-order valence-electron chi connectivity index (χ2n) is 4.30. The first-order valence-corrected chi connectivity index (χ1v) is 6.29. The van der Waals surface area contributed by atoms with Crippen molar-refractivity contribution in [2.24, 2.45) is 5.92 Å². The molecule has 1 nitrogen and oxygen atoms in total. The molecule has 3 rings (SSSR count). The lowest BCUT2D eigenvalue weighted by Gasteiger charge is -1.92. The van der Waals surface area contributed by atoms with E-state index < -0.39 is 0 Å². The van der Waals surface area contributed by atoms with Gasteiger partial charge in [-0.2, -0.15) is 0 Å². The summed E-state index contributed by atoms with van der Waals surface area (Å²) in [4.78, 5) is 1.51. The number of hydrogen-bond acceptors (Lipinski definition) is 2. The molecule has 2 atom stereocenters. The van der Waals surface area contributed by atoms with Crippen LogP contribution in [0.4, 0.5) is 0 Å². The average Bonchev–Trinajstić information content (AvgIpc) is 2.89. The third-order valence-electron chi connectivity index (χ3n) is 3.23. The van der Waals surface area contributed by atoms with E-state index in [2.05, 4.69) is 30.3 Å². The highest BCUT2D eigenvalue weighted by Crippen LogP contribution is 2.52. The van der Waals surface area contributed by atoms with E-state index >= 15 is 0 Å².